The highest BCUT2D eigenvalue weighted by Crippen LogP contribution is 2.22. The molecule has 0 saturated heterocycles. The minimum absolute atomic E-state index is 0.149. The van der Waals surface area contributed by atoms with Gasteiger partial charge < -0.3 is 10.1 Å². The van der Waals surface area contributed by atoms with Crippen LogP contribution >= 0.6 is 0 Å². The lowest BCUT2D eigenvalue weighted by atomic mass is 10.2. The summed E-state index contributed by atoms with van der Waals surface area (Å²) in [4.78, 5) is 12.3. The summed E-state index contributed by atoms with van der Waals surface area (Å²) in [6.07, 6.45) is 0. The molecule has 0 fully saturated rings. The van der Waals surface area contributed by atoms with Crippen molar-refractivity contribution in [2.24, 2.45) is 0 Å². The van der Waals surface area contributed by atoms with Crippen LogP contribution in [0.15, 0.2) is 54.6 Å². The number of hydrogen-bond acceptors (Lipinski definition) is 4. The predicted molar refractivity (Wildman–Crippen MR) is 98.3 cm³/mol. The normalized spacial score (nSPS) is 10.2. The van der Waals surface area contributed by atoms with Crippen molar-refractivity contribution in [1.82, 2.24) is 9.78 Å². The highest BCUT2D eigenvalue weighted by atomic mass is 16.5. The van der Waals surface area contributed by atoms with Crippen LogP contribution in [0.25, 0.3) is 5.69 Å². The molecule has 26 heavy (non-hydrogen) atoms. The van der Waals surface area contributed by atoms with E-state index in [0.29, 0.717) is 17.0 Å². The Bertz CT molecular complexity index is 971. The standard InChI is InChI=1S/C20H18N4O2/c1-14-20(15(2)24(23-14)17-8-4-3-5-9-17)22-19(25)13-26-18-10-6-7-16(11-18)12-21/h3-11H,13H2,1-2H3,(H,22,25). The van der Waals surface area contributed by atoms with Crippen LogP contribution in [0, 0.1) is 25.2 Å². The quantitative estimate of drug-likeness (QED) is 0.768. The topological polar surface area (TPSA) is 79.9 Å². The van der Waals surface area contributed by atoms with Crippen LogP contribution in [0.1, 0.15) is 17.0 Å². The molecule has 6 heteroatoms. The van der Waals surface area contributed by atoms with E-state index in [9.17, 15) is 4.79 Å². The van der Waals surface area contributed by atoms with Crippen LogP contribution < -0.4 is 10.1 Å². The molecule has 0 atom stereocenters. The van der Waals surface area contributed by atoms with Crippen LogP contribution in [0.2, 0.25) is 0 Å². The van der Waals surface area contributed by atoms with Crippen LogP contribution in [0.4, 0.5) is 5.69 Å². The number of nitrogens with zero attached hydrogens (tertiary/aromatic N) is 3. The second kappa shape index (κ2) is 7.53. The zero-order valence-electron chi connectivity index (χ0n) is 14.6. The van der Waals surface area contributed by atoms with Crippen LogP contribution in [-0.2, 0) is 4.79 Å². The Balaban J connectivity index is 1.70. The lowest BCUT2D eigenvalue weighted by molar-refractivity contribution is -0.118. The van der Waals surface area contributed by atoms with Gasteiger partial charge in [-0.05, 0) is 44.2 Å². The number of carbonyl (C=O) groups excluding carboxylic acids is 1. The fourth-order valence-corrected chi connectivity index (χ4v) is 2.62. The first-order valence-corrected chi connectivity index (χ1v) is 8.13. The average Bonchev–Trinajstić information content (AvgIpc) is 2.95. The minimum atomic E-state index is -0.286. The van der Waals surface area contributed by atoms with Gasteiger partial charge in [-0.2, -0.15) is 10.4 Å². The van der Waals surface area contributed by atoms with Crippen molar-refractivity contribution in [3.63, 3.8) is 0 Å². The van der Waals surface area contributed by atoms with Crippen molar-refractivity contribution >= 4 is 11.6 Å². The number of ether oxygens (including phenoxy) is 1. The van der Waals surface area contributed by atoms with E-state index in [0.717, 1.165) is 17.1 Å². The third kappa shape index (κ3) is 3.73. The molecule has 0 aliphatic carbocycles. The van der Waals surface area contributed by atoms with Gasteiger partial charge in [-0.25, -0.2) is 4.68 Å². The fourth-order valence-electron chi connectivity index (χ4n) is 2.62. The maximum absolute atomic E-state index is 12.3. The number of nitriles is 1. The molecule has 0 radical (unpaired) electrons. The van der Waals surface area contributed by atoms with Crippen molar-refractivity contribution in [3.05, 3.63) is 71.5 Å². The van der Waals surface area contributed by atoms with Gasteiger partial charge in [0, 0.05) is 0 Å². The molecule has 1 aromatic heterocycles. The summed E-state index contributed by atoms with van der Waals surface area (Å²) in [5, 5.41) is 16.3. The largest absolute Gasteiger partial charge is 0.484 e. The molecule has 3 rings (SSSR count). The zero-order chi connectivity index (χ0) is 18.5. The lowest BCUT2D eigenvalue weighted by Crippen LogP contribution is -2.21. The van der Waals surface area contributed by atoms with E-state index in [1.807, 2.05) is 50.2 Å². The number of anilines is 1. The van der Waals surface area contributed by atoms with Gasteiger partial charge in [0.05, 0.1) is 34.4 Å². The Morgan fingerprint density at radius 1 is 1.19 bits per heavy atom. The van der Waals surface area contributed by atoms with Crippen LogP contribution in [0.5, 0.6) is 5.75 Å². The van der Waals surface area contributed by atoms with Crippen molar-refractivity contribution in [2.75, 3.05) is 11.9 Å². The van der Waals surface area contributed by atoms with E-state index >= 15 is 0 Å². The SMILES string of the molecule is Cc1nn(-c2ccccc2)c(C)c1NC(=O)COc1cccc(C#N)c1. The lowest BCUT2D eigenvalue weighted by Gasteiger charge is -2.08. The molecule has 0 bridgehead atoms. The second-order valence-corrected chi connectivity index (χ2v) is 5.77. The summed E-state index contributed by atoms with van der Waals surface area (Å²) in [6, 6.07) is 18.5. The molecule has 0 unspecified atom stereocenters. The molecule has 6 nitrogen and oxygen atoms in total. The van der Waals surface area contributed by atoms with Gasteiger partial charge in [0.2, 0.25) is 0 Å². The molecule has 0 aliphatic rings. The van der Waals surface area contributed by atoms with Crippen LogP contribution in [-0.4, -0.2) is 22.3 Å². The number of benzene rings is 2. The molecule has 1 amide bonds. The highest BCUT2D eigenvalue weighted by Gasteiger charge is 2.15. The Labute approximate surface area is 151 Å². The van der Waals surface area contributed by atoms with Gasteiger partial charge in [-0.1, -0.05) is 24.3 Å². The molecule has 1 N–H and O–H groups in total. The summed E-state index contributed by atoms with van der Waals surface area (Å²) in [5.41, 5.74) is 3.66. The first-order valence-electron chi connectivity index (χ1n) is 8.13. The van der Waals surface area contributed by atoms with E-state index in [1.54, 1.807) is 28.9 Å². The van der Waals surface area contributed by atoms with E-state index in [1.165, 1.54) is 0 Å². The van der Waals surface area contributed by atoms with E-state index in [-0.39, 0.29) is 12.5 Å². The third-order valence-electron chi connectivity index (χ3n) is 3.89. The maximum atomic E-state index is 12.3. The zero-order valence-corrected chi connectivity index (χ0v) is 14.6. The molecule has 1 heterocycles. The van der Waals surface area contributed by atoms with Crippen molar-refractivity contribution in [2.45, 2.75) is 13.8 Å². The molecule has 3 aromatic rings. The summed E-state index contributed by atoms with van der Waals surface area (Å²) < 4.78 is 7.26. The monoisotopic (exact) mass is 346 g/mol. The fraction of sp³-hybridized carbons (Fsp3) is 0.150. The molecule has 130 valence electrons. The number of para-hydroxylation sites is 1. The Hall–Kier alpha value is -3.59. The molecular weight excluding hydrogens is 328 g/mol. The first-order chi connectivity index (χ1) is 12.6. The maximum Gasteiger partial charge on any atom is 0.262 e. The number of aryl methyl sites for hydroxylation is 1. The summed E-state index contributed by atoms with van der Waals surface area (Å²) >= 11 is 0. The van der Waals surface area contributed by atoms with Gasteiger partial charge in [-0.3, -0.25) is 4.79 Å². The van der Waals surface area contributed by atoms with Crippen molar-refractivity contribution in [3.8, 4) is 17.5 Å². The van der Waals surface area contributed by atoms with E-state index in [2.05, 4.69) is 10.4 Å². The summed E-state index contributed by atoms with van der Waals surface area (Å²) in [6.45, 7) is 3.60. The smallest absolute Gasteiger partial charge is 0.262 e. The Morgan fingerprint density at radius 2 is 1.96 bits per heavy atom. The predicted octanol–water partition coefficient (Wildman–Crippen LogP) is 3.38. The van der Waals surface area contributed by atoms with Crippen molar-refractivity contribution < 1.29 is 9.53 Å². The van der Waals surface area contributed by atoms with Gasteiger partial charge >= 0.3 is 0 Å². The van der Waals surface area contributed by atoms with Gasteiger partial charge in [0.15, 0.2) is 6.61 Å². The summed E-state index contributed by atoms with van der Waals surface area (Å²) in [5.74, 6) is 0.193. The van der Waals surface area contributed by atoms with E-state index in [4.69, 9.17) is 10.00 Å². The van der Waals surface area contributed by atoms with E-state index < -0.39 is 0 Å². The molecule has 2 aromatic carbocycles. The number of nitrogens with one attached hydrogen (secondary N) is 1. The highest BCUT2D eigenvalue weighted by molar-refractivity contribution is 5.93. The number of hydrogen-bond donors (Lipinski definition) is 1. The minimum Gasteiger partial charge on any atom is -0.484 e. The molecule has 0 saturated carbocycles. The number of aromatic nitrogens is 2. The molecular formula is C20H18N4O2. The Kier molecular flexibility index (Phi) is 4.99. The summed E-state index contributed by atoms with van der Waals surface area (Å²) in [7, 11) is 0. The number of rotatable bonds is 5. The third-order valence-corrected chi connectivity index (χ3v) is 3.89. The first kappa shape index (κ1) is 17.2. The van der Waals surface area contributed by atoms with Gasteiger partial charge in [0.1, 0.15) is 5.75 Å². The molecule has 0 aliphatic heterocycles. The molecule has 0 spiro atoms. The number of amides is 1. The van der Waals surface area contributed by atoms with Crippen molar-refractivity contribution in [1.29, 1.82) is 5.26 Å². The van der Waals surface area contributed by atoms with Crippen LogP contribution in [0.3, 0.4) is 0 Å². The average molecular weight is 346 g/mol. The van der Waals surface area contributed by atoms with Gasteiger partial charge in [0.25, 0.3) is 5.91 Å². The number of carbonyl (C=O) groups is 1. The van der Waals surface area contributed by atoms with Gasteiger partial charge in [-0.15, -0.1) is 0 Å². The second-order valence-electron chi connectivity index (χ2n) is 5.77. The Morgan fingerprint density at radius 3 is 2.69 bits per heavy atom.